The summed E-state index contributed by atoms with van der Waals surface area (Å²) in [6, 6.07) is 3.02. The van der Waals surface area contributed by atoms with Crippen molar-refractivity contribution in [3.05, 3.63) is 18.0 Å². The number of piperidine rings is 1. The highest BCUT2D eigenvalue weighted by Gasteiger charge is 2.41. The maximum Gasteiger partial charge on any atom is 0.211 e. The predicted octanol–water partition coefficient (Wildman–Crippen LogP) is 1.27. The molecule has 1 saturated carbocycles. The number of hydrogen-bond donors (Lipinski definition) is 1. The normalized spacial score (nSPS) is 27.2. The van der Waals surface area contributed by atoms with E-state index >= 15 is 0 Å². The van der Waals surface area contributed by atoms with Crippen LogP contribution >= 0.6 is 0 Å². The molecule has 2 heterocycles. The molecule has 2 fully saturated rings. The monoisotopic (exact) mass is 326 g/mol. The van der Waals surface area contributed by atoms with Gasteiger partial charge in [-0.1, -0.05) is 0 Å². The van der Waals surface area contributed by atoms with Crippen molar-refractivity contribution in [1.29, 1.82) is 0 Å². The second kappa shape index (κ2) is 6.29. The van der Waals surface area contributed by atoms with Crippen molar-refractivity contribution >= 4 is 10.0 Å². The lowest BCUT2D eigenvalue weighted by Crippen LogP contribution is -2.45. The molecule has 0 amide bonds. The summed E-state index contributed by atoms with van der Waals surface area (Å²) in [5.41, 5.74) is 1.20. The van der Waals surface area contributed by atoms with Gasteiger partial charge in [-0.2, -0.15) is 5.10 Å². The molecule has 2 atom stereocenters. The van der Waals surface area contributed by atoms with Gasteiger partial charge in [-0.05, 0) is 51.1 Å². The lowest BCUT2D eigenvalue weighted by Gasteiger charge is -2.41. The minimum Gasteiger partial charge on any atom is -0.292 e. The lowest BCUT2D eigenvalue weighted by atomic mass is 9.87. The molecule has 0 radical (unpaired) electrons. The fourth-order valence-electron chi connectivity index (χ4n) is 3.56. The number of hydrogen-bond acceptors (Lipinski definition) is 4. The SMILES string of the molecule is CCS(=O)(=O)NC[C@@H]1CCCN(C2CC2)[C@H]1c1ccnn1C. The maximum absolute atomic E-state index is 11.8. The van der Waals surface area contributed by atoms with Gasteiger partial charge < -0.3 is 0 Å². The number of likely N-dealkylation sites (tertiary alicyclic amines) is 1. The topological polar surface area (TPSA) is 67.2 Å². The third-order valence-electron chi connectivity index (χ3n) is 4.92. The molecule has 1 saturated heterocycles. The summed E-state index contributed by atoms with van der Waals surface area (Å²) in [4.78, 5) is 2.57. The number of nitrogens with one attached hydrogen (secondary N) is 1. The van der Waals surface area contributed by atoms with E-state index in [1.807, 2.05) is 17.9 Å². The highest BCUT2D eigenvalue weighted by molar-refractivity contribution is 7.89. The average molecular weight is 326 g/mol. The third kappa shape index (κ3) is 3.36. The first kappa shape index (κ1) is 16.0. The van der Waals surface area contributed by atoms with Crippen LogP contribution < -0.4 is 4.72 Å². The van der Waals surface area contributed by atoms with Crippen LogP contribution in [0, 0.1) is 5.92 Å². The number of rotatable bonds is 6. The first-order valence-electron chi connectivity index (χ1n) is 8.23. The Morgan fingerprint density at radius 3 is 2.73 bits per heavy atom. The van der Waals surface area contributed by atoms with Crippen LogP contribution in [0.1, 0.15) is 44.3 Å². The van der Waals surface area contributed by atoms with E-state index in [9.17, 15) is 8.42 Å². The molecule has 124 valence electrons. The van der Waals surface area contributed by atoms with Crippen LogP contribution in [-0.2, 0) is 17.1 Å². The van der Waals surface area contributed by atoms with E-state index in [2.05, 4.69) is 20.8 Å². The molecule has 0 unspecified atom stereocenters. The zero-order valence-corrected chi connectivity index (χ0v) is 14.2. The molecule has 2 aliphatic rings. The highest BCUT2D eigenvalue weighted by Crippen LogP contribution is 2.42. The summed E-state index contributed by atoms with van der Waals surface area (Å²) in [5.74, 6) is 0.452. The van der Waals surface area contributed by atoms with Crippen molar-refractivity contribution in [2.45, 2.75) is 44.7 Å². The molecule has 1 aromatic rings. The van der Waals surface area contributed by atoms with Gasteiger partial charge in [-0.15, -0.1) is 0 Å². The summed E-state index contributed by atoms with van der Waals surface area (Å²) in [6.07, 6.45) is 6.57. The van der Waals surface area contributed by atoms with Crippen LogP contribution in [-0.4, -0.2) is 48.0 Å². The first-order valence-corrected chi connectivity index (χ1v) is 9.88. The molecular weight excluding hydrogens is 300 g/mol. The smallest absolute Gasteiger partial charge is 0.211 e. The third-order valence-corrected chi connectivity index (χ3v) is 6.28. The highest BCUT2D eigenvalue weighted by atomic mass is 32.2. The van der Waals surface area contributed by atoms with E-state index in [4.69, 9.17) is 0 Å². The molecule has 1 aromatic heterocycles. The van der Waals surface area contributed by atoms with Gasteiger partial charge in [0.2, 0.25) is 10.0 Å². The Balaban J connectivity index is 1.81. The Labute approximate surface area is 132 Å². The molecule has 22 heavy (non-hydrogen) atoms. The number of aryl methyl sites for hydroxylation is 1. The van der Waals surface area contributed by atoms with Crippen molar-refractivity contribution in [2.24, 2.45) is 13.0 Å². The van der Waals surface area contributed by atoms with Crippen LogP contribution in [0.3, 0.4) is 0 Å². The quantitative estimate of drug-likeness (QED) is 0.855. The Bertz CT molecular complexity index is 609. The van der Waals surface area contributed by atoms with Crippen molar-refractivity contribution in [3.8, 4) is 0 Å². The molecule has 1 aliphatic carbocycles. The molecule has 6 nitrogen and oxygen atoms in total. The van der Waals surface area contributed by atoms with E-state index in [-0.39, 0.29) is 11.8 Å². The van der Waals surface area contributed by atoms with Crippen LogP contribution in [0.4, 0.5) is 0 Å². The standard InChI is InChI=1S/C15H26N4O2S/c1-3-22(20,21)17-11-12-5-4-10-19(13-6-7-13)15(12)14-8-9-16-18(14)2/h8-9,12-13,15,17H,3-7,10-11H2,1-2H3/t12-,15+/m0/s1. The second-order valence-electron chi connectivity index (χ2n) is 6.45. The van der Waals surface area contributed by atoms with Gasteiger partial charge in [0.25, 0.3) is 0 Å². The van der Waals surface area contributed by atoms with Crippen LogP contribution in [0.15, 0.2) is 12.3 Å². The Hall–Kier alpha value is -0.920. The molecule has 3 rings (SSSR count). The van der Waals surface area contributed by atoms with Gasteiger partial charge in [0.15, 0.2) is 0 Å². The van der Waals surface area contributed by atoms with Gasteiger partial charge in [-0.3, -0.25) is 9.58 Å². The average Bonchev–Trinajstić information content (AvgIpc) is 3.27. The maximum atomic E-state index is 11.8. The molecule has 7 heteroatoms. The molecule has 0 bridgehead atoms. The first-order chi connectivity index (χ1) is 10.5. The molecule has 1 N–H and O–H groups in total. The van der Waals surface area contributed by atoms with Crippen LogP contribution in [0.2, 0.25) is 0 Å². The minimum absolute atomic E-state index is 0.141. The predicted molar refractivity (Wildman–Crippen MR) is 85.9 cm³/mol. The molecule has 0 aromatic carbocycles. The fourth-order valence-corrected chi connectivity index (χ4v) is 4.23. The van der Waals surface area contributed by atoms with Crippen molar-refractivity contribution in [3.63, 3.8) is 0 Å². The summed E-state index contributed by atoms with van der Waals surface area (Å²) in [7, 11) is -1.16. The van der Waals surface area contributed by atoms with E-state index in [1.165, 1.54) is 18.5 Å². The second-order valence-corrected chi connectivity index (χ2v) is 8.54. The molecular formula is C15H26N4O2S. The van der Waals surface area contributed by atoms with Crippen LogP contribution in [0.25, 0.3) is 0 Å². The summed E-state index contributed by atoms with van der Waals surface area (Å²) >= 11 is 0. The van der Waals surface area contributed by atoms with Crippen LogP contribution in [0.5, 0.6) is 0 Å². The molecule has 0 spiro atoms. The number of aromatic nitrogens is 2. The van der Waals surface area contributed by atoms with E-state index in [0.717, 1.165) is 19.4 Å². The summed E-state index contributed by atoms with van der Waals surface area (Å²) in [5, 5.41) is 4.32. The van der Waals surface area contributed by atoms with Crippen molar-refractivity contribution in [2.75, 3.05) is 18.8 Å². The Morgan fingerprint density at radius 2 is 2.14 bits per heavy atom. The Morgan fingerprint density at radius 1 is 1.36 bits per heavy atom. The summed E-state index contributed by atoms with van der Waals surface area (Å²) in [6.45, 7) is 3.31. The van der Waals surface area contributed by atoms with Gasteiger partial charge in [0.05, 0.1) is 17.5 Å². The van der Waals surface area contributed by atoms with Gasteiger partial charge in [0, 0.05) is 25.8 Å². The van der Waals surface area contributed by atoms with E-state index in [1.54, 1.807) is 6.92 Å². The van der Waals surface area contributed by atoms with E-state index in [0.29, 0.717) is 18.5 Å². The largest absolute Gasteiger partial charge is 0.292 e. The lowest BCUT2D eigenvalue weighted by molar-refractivity contribution is 0.0805. The van der Waals surface area contributed by atoms with Gasteiger partial charge >= 0.3 is 0 Å². The number of sulfonamides is 1. The fraction of sp³-hybridized carbons (Fsp3) is 0.800. The minimum atomic E-state index is -3.13. The summed E-state index contributed by atoms with van der Waals surface area (Å²) < 4.78 is 28.3. The Kier molecular flexibility index (Phi) is 4.56. The number of nitrogens with zero attached hydrogens (tertiary/aromatic N) is 3. The zero-order valence-electron chi connectivity index (χ0n) is 13.4. The van der Waals surface area contributed by atoms with Gasteiger partial charge in [-0.25, -0.2) is 13.1 Å². The zero-order chi connectivity index (χ0) is 15.7. The van der Waals surface area contributed by atoms with Crippen molar-refractivity contribution < 1.29 is 8.42 Å². The van der Waals surface area contributed by atoms with Crippen molar-refractivity contribution in [1.82, 2.24) is 19.4 Å². The van der Waals surface area contributed by atoms with E-state index < -0.39 is 10.0 Å². The molecule has 1 aliphatic heterocycles. The van der Waals surface area contributed by atoms with Gasteiger partial charge in [0.1, 0.15) is 0 Å².